The average molecular weight is 405 g/mol. The molecule has 0 saturated heterocycles. The Bertz CT molecular complexity index is 931. The van der Waals surface area contributed by atoms with Gasteiger partial charge < -0.3 is 10.2 Å². The first-order chi connectivity index (χ1) is 14.0. The number of hydrogen-bond donors (Lipinski definition) is 1. The molecule has 3 aromatic carbocycles. The molecule has 0 bridgehead atoms. The van der Waals surface area contributed by atoms with Crippen molar-refractivity contribution < 1.29 is 9.59 Å². The topological polar surface area (TPSA) is 49.4 Å². The fourth-order valence-corrected chi connectivity index (χ4v) is 7.59. The highest BCUT2D eigenvalue weighted by Crippen LogP contribution is 2.55. The van der Waals surface area contributed by atoms with E-state index in [-0.39, 0.29) is 11.8 Å². The number of hydrogen-bond acceptors (Lipinski definition) is 2. The van der Waals surface area contributed by atoms with Crippen molar-refractivity contribution in [2.75, 3.05) is 27.3 Å². The highest BCUT2D eigenvalue weighted by Gasteiger charge is 2.47. The summed E-state index contributed by atoms with van der Waals surface area (Å²) in [6, 6.07) is 28.2. The Morgan fingerprint density at radius 2 is 1.21 bits per heavy atom. The van der Waals surface area contributed by atoms with Gasteiger partial charge in [-0.1, -0.05) is 36.4 Å². The molecule has 1 N–H and O–H groups in total. The maximum Gasteiger partial charge on any atom is 0.260 e. The molecule has 0 atom stereocenters. The summed E-state index contributed by atoms with van der Waals surface area (Å²) in [5, 5.41) is 6.04. The van der Waals surface area contributed by atoms with Gasteiger partial charge in [-0.3, -0.25) is 9.59 Å². The van der Waals surface area contributed by atoms with Crippen LogP contribution in [0.5, 0.6) is 0 Å². The first-order valence-electron chi connectivity index (χ1n) is 9.51. The molecule has 3 aromatic rings. The van der Waals surface area contributed by atoms with Crippen LogP contribution in [0.3, 0.4) is 0 Å². The SMILES string of the molecule is CNC(=O)c1ccc([P+](CC(=O)N(C)C)(c2ccccc2)c2ccccc2)cc1. The zero-order valence-electron chi connectivity index (χ0n) is 17.0. The predicted octanol–water partition coefficient (Wildman–Crippen LogP) is 2.43. The molecule has 0 aliphatic rings. The minimum absolute atomic E-state index is 0.0846. The zero-order valence-corrected chi connectivity index (χ0v) is 17.9. The van der Waals surface area contributed by atoms with Gasteiger partial charge in [-0.05, 0) is 48.5 Å². The molecule has 2 amide bonds. The maximum atomic E-state index is 13.0. The fraction of sp³-hybridized carbons (Fsp3) is 0.167. The van der Waals surface area contributed by atoms with Gasteiger partial charge >= 0.3 is 0 Å². The van der Waals surface area contributed by atoms with E-state index in [1.807, 2.05) is 60.7 Å². The van der Waals surface area contributed by atoms with Gasteiger partial charge in [-0.25, -0.2) is 0 Å². The van der Waals surface area contributed by atoms with Gasteiger partial charge in [0.25, 0.3) is 11.8 Å². The van der Waals surface area contributed by atoms with Gasteiger partial charge in [0.15, 0.2) is 6.16 Å². The van der Waals surface area contributed by atoms with Crippen LogP contribution in [0.15, 0.2) is 84.9 Å². The molecule has 0 unspecified atom stereocenters. The second kappa shape index (κ2) is 9.02. The van der Waals surface area contributed by atoms with E-state index in [9.17, 15) is 9.59 Å². The van der Waals surface area contributed by atoms with Crippen molar-refractivity contribution in [1.82, 2.24) is 10.2 Å². The lowest BCUT2D eigenvalue weighted by Crippen LogP contribution is -2.39. The van der Waals surface area contributed by atoms with Crippen LogP contribution in [0.4, 0.5) is 0 Å². The van der Waals surface area contributed by atoms with Crippen molar-refractivity contribution in [1.29, 1.82) is 0 Å². The first-order valence-corrected chi connectivity index (χ1v) is 11.5. The summed E-state index contributed by atoms with van der Waals surface area (Å²) < 4.78 is 0. The summed E-state index contributed by atoms with van der Waals surface area (Å²) in [6.45, 7) is 0. The van der Waals surface area contributed by atoms with E-state index in [0.29, 0.717) is 11.7 Å². The van der Waals surface area contributed by atoms with Crippen LogP contribution in [0.1, 0.15) is 10.4 Å². The molecule has 4 nitrogen and oxygen atoms in total. The second-order valence-corrected chi connectivity index (χ2v) is 10.5. The quantitative estimate of drug-likeness (QED) is 0.641. The van der Waals surface area contributed by atoms with Crippen LogP contribution in [0, 0.1) is 0 Å². The Kier molecular flexibility index (Phi) is 6.46. The number of carbonyl (C=O) groups is 2. The summed E-state index contributed by atoms with van der Waals surface area (Å²) >= 11 is 0. The van der Waals surface area contributed by atoms with Gasteiger partial charge in [0.05, 0.1) is 0 Å². The highest BCUT2D eigenvalue weighted by atomic mass is 31.2. The van der Waals surface area contributed by atoms with E-state index in [1.54, 1.807) is 26.0 Å². The lowest BCUT2D eigenvalue weighted by atomic mass is 10.2. The van der Waals surface area contributed by atoms with Crippen LogP contribution in [0.25, 0.3) is 0 Å². The van der Waals surface area contributed by atoms with E-state index < -0.39 is 7.26 Å². The number of benzene rings is 3. The molecule has 0 aromatic heterocycles. The predicted molar refractivity (Wildman–Crippen MR) is 122 cm³/mol. The average Bonchev–Trinajstić information content (AvgIpc) is 2.78. The zero-order chi connectivity index (χ0) is 20.9. The standard InChI is InChI=1S/C24H25N2O2P/c1-25-24(28)19-14-16-22(17-15-19)29(18-23(27)26(2)3,20-10-6-4-7-11-20)21-12-8-5-9-13-21/h4-17H,18H2,1-3H3/p+1. The van der Waals surface area contributed by atoms with Crippen LogP contribution in [0.2, 0.25) is 0 Å². The molecule has 0 aliphatic carbocycles. The summed E-state index contributed by atoms with van der Waals surface area (Å²) in [5.41, 5.74) is 0.606. The van der Waals surface area contributed by atoms with Crippen LogP contribution in [-0.4, -0.2) is 44.0 Å². The summed E-state index contributed by atoms with van der Waals surface area (Å²) in [4.78, 5) is 26.7. The Morgan fingerprint density at radius 3 is 1.62 bits per heavy atom. The molecule has 29 heavy (non-hydrogen) atoms. The molecule has 0 fully saturated rings. The fourth-order valence-electron chi connectivity index (χ4n) is 3.44. The van der Waals surface area contributed by atoms with E-state index in [2.05, 4.69) is 29.6 Å². The molecular weight excluding hydrogens is 379 g/mol. The summed E-state index contributed by atoms with van der Waals surface area (Å²) in [6.07, 6.45) is 0.396. The van der Waals surface area contributed by atoms with Crippen molar-refractivity contribution in [3.63, 3.8) is 0 Å². The van der Waals surface area contributed by atoms with Crippen LogP contribution < -0.4 is 21.2 Å². The van der Waals surface area contributed by atoms with Gasteiger partial charge in [-0.2, -0.15) is 0 Å². The van der Waals surface area contributed by atoms with Gasteiger partial charge in [0.2, 0.25) is 0 Å². The highest BCUT2D eigenvalue weighted by molar-refractivity contribution is 7.96. The Balaban J connectivity index is 2.26. The Hall–Kier alpha value is -2.97. The van der Waals surface area contributed by atoms with Crippen molar-refractivity contribution >= 4 is 35.0 Å². The third kappa shape index (κ3) is 4.23. The van der Waals surface area contributed by atoms with E-state index >= 15 is 0 Å². The largest absolute Gasteiger partial charge is 0.355 e. The maximum absolute atomic E-state index is 13.0. The van der Waals surface area contributed by atoms with Gasteiger partial charge in [0, 0.05) is 26.7 Å². The number of rotatable bonds is 6. The molecule has 0 radical (unpaired) electrons. The normalized spacial score (nSPS) is 11.0. The Morgan fingerprint density at radius 1 is 0.759 bits per heavy atom. The minimum atomic E-state index is -2.24. The third-order valence-electron chi connectivity index (χ3n) is 5.06. The number of nitrogens with one attached hydrogen (secondary N) is 1. The second-order valence-electron chi connectivity index (χ2n) is 7.05. The lowest BCUT2D eigenvalue weighted by Gasteiger charge is -2.28. The van der Waals surface area contributed by atoms with Crippen molar-refractivity contribution in [2.24, 2.45) is 0 Å². The van der Waals surface area contributed by atoms with Crippen LogP contribution in [-0.2, 0) is 4.79 Å². The smallest absolute Gasteiger partial charge is 0.260 e. The number of nitrogens with zero attached hydrogens (tertiary/aromatic N) is 1. The molecule has 0 spiro atoms. The molecule has 5 heteroatoms. The number of amides is 2. The summed E-state index contributed by atoms with van der Waals surface area (Å²) in [5.74, 6) is -0.0364. The van der Waals surface area contributed by atoms with Crippen molar-refractivity contribution in [3.8, 4) is 0 Å². The molecule has 0 aliphatic heterocycles. The van der Waals surface area contributed by atoms with Crippen LogP contribution >= 0.6 is 7.26 Å². The molecule has 0 heterocycles. The third-order valence-corrected chi connectivity index (χ3v) is 9.35. The van der Waals surface area contributed by atoms with E-state index in [1.165, 1.54) is 0 Å². The van der Waals surface area contributed by atoms with E-state index in [4.69, 9.17) is 0 Å². The van der Waals surface area contributed by atoms with Crippen molar-refractivity contribution in [2.45, 2.75) is 0 Å². The lowest BCUT2D eigenvalue weighted by molar-refractivity contribution is -0.125. The Labute approximate surface area is 172 Å². The molecule has 0 saturated carbocycles. The minimum Gasteiger partial charge on any atom is -0.355 e. The number of carbonyl (C=O) groups excluding carboxylic acids is 2. The molecular formula is C24H26N2O2P+. The van der Waals surface area contributed by atoms with Crippen molar-refractivity contribution in [3.05, 3.63) is 90.5 Å². The monoisotopic (exact) mass is 405 g/mol. The molecule has 148 valence electrons. The summed E-state index contributed by atoms with van der Waals surface area (Å²) in [7, 11) is 2.96. The van der Waals surface area contributed by atoms with Gasteiger partial charge in [-0.15, -0.1) is 0 Å². The first kappa shape index (κ1) is 20.8. The van der Waals surface area contributed by atoms with E-state index in [0.717, 1.165) is 15.9 Å². The molecule has 3 rings (SSSR count). The van der Waals surface area contributed by atoms with Gasteiger partial charge in [0.1, 0.15) is 23.2 Å².